The van der Waals surface area contributed by atoms with Crippen molar-refractivity contribution < 1.29 is 9.53 Å². The number of nitrogens with zero attached hydrogens (tertiary/aromatic N) is 3. The molecule has 0 aliphatic heterocycles. The second-order valence-corrected chi connectivity index (χ2v) is 7.64. The van der Waals surface area contributed by atoms with Crippen molar-refractivity contribution >= 4 is 41.0 Å². The number of halogens is 2. The highest BCUT2D eigenvalue weighted by Crippen LogP contribution is 2.29. The van der Waals surface area contributed by atoms with Gasteiger partial charge >= 0.3 is 0 Å². The van der Waals surface area contributed by atoms with Crippen molar-refractivity contribution in [3.63, 3.8) is 0 Å². The van der Waals surface area contributed by atoms with Gasteiger partial charge in [0.05, 0.1) is 11.8 Å². The van der Waals surface area contributed by atoms with Gasteiger partial charge < -0.3 is 9.64 Å². The van der Waals surface area contributed by atoms with Gasteiger partial charge in [0.25, 0.3) is 5.91 Å². The quantitative estimate of drug-likeness (QED) is 0.327. The van der Waals surface area contributed by atoms with Gasteiger partial charge in [0.1, 0.15) is 12.4 Å². The van der Waals surface area contributed by atoms with Gasteiger partial charge in [0, 0.05) is 58.4 Å². The van der Waals surface area contributed by atoms with E-state index in [0.29, 0.717) is 32.5 Å². The molecule has 0 aliphatic carbocycles. The van der Waals surface area contributed by atoms with Crippen molar-refractivity contribution in [3.8, 4) is 5.75 Å². The maximum Gasteiger partial charge on any atom is 0.272 e. The van der Waals surface area contributed by atoms with E-state index in [1.54, 1.807) is 42.7 Å². The Morgan fingerprint density at radius 2 is 1.88 bits per heavy atom. The summed E-state index contributed by atoms with van der Waals surface area (Å²) in [5.74, 6) is 0.254. The molecule has 0 radical (unpaired) electrons. The Hall–Kier alpha value is -3.09. The number of hydrogen-bond donors (Lipinski definition) is 1. The van der Waals surface area contributed by atoms with E-state index < -0.39 is 0 Å². The van der Waals surface area contributed by atoms with Crippen LogP contribution in [0.2, 0.25) is 10.0 Å². The third kappa shape index (κ3) is 5.99. The van der Waals surface area contributed by atoms with Crippen LogP contribution in [0.3, 0.4) is 0 Å². The van der Waals surface area contributed by atoms with E-state index in [4.69, 9.17) is 27.9 Å². The highest BCUT2D eigenvalue weighted by molar-refractivity contribution is 6.35. The fourth-order valence-corrected chi connectivity index (χ4v) is 3.59. The lowest BCUT2D eigenvalue weighted by Crippen LogP contribution is -2.22. The van der Waals surface area contributed by atoms with Gasteiger partial charge in [-0.15, -0.1) is 0 Å². The molecule has 0 saturated heterocycles. The van der Waals surface area contributed by atoms with Crippen molar-refractivity contribution in [3.05, 3.63) is 87.7 Å². The summed E-state index contributed by atoms with van der Waals surface area (Å²) < 4.78 is 6.10. The standard InChI is InChI=1S/C24H24Cl2N4O2/c1-3-30(4-2)19-11-10-17(15-28-29-24(31)18-7-6-12-27-14-18)23(13-19)32-16-20-21(25)8-5-9-22(20)26/h5-15H,3-4,16H2,1-2H3,(H,29,31)/b28-15+. The Morgan fingerprint density at radius 3 is 2.53 bits per heavy atom. The number of ether oxygens (including phenoxy) is 1. The number of carbonyl (C=O) groups is 1. The van der Waals surface area contributed by atoms with Crippen LogP contribution in [0.15, 0.2) is 66.0 Å². The summed E-state index contributed by atoms with van der Waals surface area (Å²) in [6.07, 6.45) is 4.63. The molecule has 1 heterocycles. The molecule has 8 heteroatoms. The zero-order valence-corrected chi connectivity index (χ0v) is 19.4. The van der Waals surface area contributed by atoms with Crippen LogP contribution in [0.5, 0.6) is 5.75 Å². The van der Waals surface area contributed by atoms with E-state index in [1.165, 1.54) is 6.20 Å². The maximum atomic E-state index is 12.2. The number of aromatic nitrogens is 1. The molecule has 0 aliphatic rings. The molecule has 6 nitrogen and oxygen atoms in total. The number of pyridine rings is 1. The first-order valence-corrected chi connectivity index (χ1v) is 11.0. The van der Waals surface area contributed by atoms with Gasteiger partial charge in [-0.3, -0.25) is 9.78 Å². The SMILES string of the molecule is CCN(CC)c1ccc(/C=N/NC(=O)c2cccnc2)c(OCc2c(Cl)cccc2Cl)c1. The van der Waals surface area contributed by atoms with Gasteiger partial charge in [-0.25, -0.2) is 5.43 Å². The number of nitrogens with one attached hydrogen (secondary N) is 1. The average molecular weight is 471 g/mol. The molecule has 1 N–H and O–H groups in total. The number of anilines is 1. The number of rotatable bonds is 9. The first-order valence-electron chi connectivity index (χ1n) is 10.2. The molecule has 2 aromatic carbocycles. The summed E-state index contributed by atoms with van der Waals surface area (Å²) in [6.45, 7) is 6.11. The molecule has 0 fully saturated rings. The molecule has 3 aromatic rings. The third-order valence-electron chi connectivity index (χ3n) is 4.85. The first kappa shape index (κ1) is 23.6. The summed E-state index contributed by atoms with van der Waals surface area (Å²) in [7, 11) is 0. The van der Waals surface area contributed by atoms with E-state index in [0.717, 1.165) is 18.8 Å². The van der Waals surface area contributed by atoms with E-state index in [1.807, 2.05) is 18.2 Å². The van der Waals surface area contributed by atoms with E-state index in [2.05, 4.69) is 34.3 Å². The number of amides is 1. The molecule has 166 valence electrons. The van der Waals surface area contributed by atoms with Crippen LogP contribution in [0.25, 0.3) is 0 Å². The molecule has 3 rings (SSSR count). The van der Waals surface area contributed by atoms with Gasteiger partial charge in [-0.2, -0.15) is 5.10 Å². The first-order chi connectivity index (χ1) is 15.5. The van der Waals surface area contributed by atoms with Crippen LogP contribution in [-0.2, 0) is 6.61 Å². The largest absolute Gasteiger partial charge is 0.488 e. The smallest absolute Gasteiger partial charge is 0.272 e. The lowest BCUT2D eigenvalue weighted by Gasteiger charge is -2.22. The number of hydrazone groups is 1. The van der Waals surface area contributed by atoms with Gasteiger partial charge in [-0.1, -0.05) is 29.3 Å². The maximum absolute atomic E-state index is 12.2. The second-order valence-electron chi connectivity index (χ2n) is 6.82. The molecule has 0 unspecified atom stereocenters. The summed E-state index contributed by atoms with van der Waals surface area (Å²) in [4.78, 5) is 18.3. The zero-order valence-electron chi connectivity index (χ0n) is 17.9. The van der Waals surface area contributed by atoms with Crippen molar-refractivity contribution in [1.29, 1.82) is 0 Å². The Bertz CT molecular complexity index is 1070. The predicted molar refractivity (Wildman–Crippen MR) is 130 cm³/mol. The third-order valence-corrected chi connectivity index (χ3v) is 5.56. The van der Waals surface area contributed by atoms with Crippen LogP contribution < -0.4 is 15.1 Å². The molecule has 1 aromatic heterocycles. The lowest BCUT2D eigenvalue weighted by atomic mass is 10.1. The molecule has 0 bridgehead atoms. The summed E-state index contributed by atoms with van der Waals surface area (Å²) in [5, 5.41) is 5.16. The van der Waals surface area contributed by atoms with E-state index in [-0.39, 0.29) is 12.5 Å². The van der Waals surface area contributed by atoms with Crippen LogP contribution >= 0.6 is 23.2 Å². The number of hydrogen-bond acceptors (Lipinski definition) is 5. The predicted octanol–water partition coefficient (Wildman–Crippen LogP) is 5.58. The molecule has 0 atom stereocenters. The van der Waals surface area contributed by atoms with Gasteiger partial charge in [0.15, 0.2) is 0 Å². The number of benzene rings is 2. The second kappa shape index (κ2) is 11.5. The molecule has 1 amide bonds. The van der Waals surface area contributed by atoms with Crippen molar-refractivity contribution in [2.45, 2.75) is 20.5 Å². The molecular weight excluding hydrogens is 447 g/mol. The zero-order chi connectivity index (χ0) is 22.9. The van der Waals surface area contributed by atoms with Crippen molar-refractivity contribution in [1.82, 2.24) is 10.4 Å². The Kier molecular flexibility index (Phi) is 8.48. The normalized spacial score (nSPS) is 10.9. The summed E-state index contributed by atoms with van der Waals surface area (Å²) in [5.41, 5.74) is 5.36. The monoisotopic (exact) mass is 470 g/mol. The minimum atomic E-state index is -0.348. The van der Waals surface area contributed by atoms with Crippen LogP contribution in [0, 0.1) is 0 Å². The Morgan fingerprint density at radius 1 is 1.12 bits per heavy atom. The van der Waals surface area contributed by atoms with Crippen molar-refractivity contribution in [2.24, 2.45) is 5.10 Å². The lowest BCUT2D eigenvalue weighted by molar-refractivity contribution is 0.0954. The minimum Gasteiger partial charge on any atom is -0.488 e. The van der Waals surface area contributed by atoms with Gasteiger partial charge in [-0.05, 0) is 50.2 Å². The van der Waals surface area contributed by atoms with Crippen molar-refractivity contribution in [2.75, 3.05) is 18.0 Å². The van der Waals surface area contributed by atoms with Crippen LogP contribution in [0.1, 0.15) is 35.3 Å². The molecular formula is C24H24Cl2N4O2. The fourth-order valence-electron chi connectivity index (χ4n) is 3.08. The van der Waals surface area contributed by atoms with Crippen LogP contribution in [0.4, 0.5) is 5.69 Å². The van der Waals surface area contributed by atoms with E-state index >= 15 is 0 Å². The summed E-state index contributed by atoms with van der Waals surface area (Å²) in [6, 6.07) is 14.5. The molecule has 0 spiro atoms. The Labute approximate surface area is 197 Å². The summed E-state index contributed by atoms with van der Waals surface area (Å²) >= 11 is 12.6. The topological polar surface area (TPSA) is 66.8 Å². The molecule has 32 heavy (non-hydrogen) atoms. The molecule has 0 saturated carbocycles. The average Bonchev–Trinajstić information content (AvgIpc) is 2.81. The number of carbonyl (C=O) groups excluding carboxylic acids is 1. The highest BCUT2D eigenvalue weighted by atomic mass is 35.5. The fraction of sp³-hybridized carbons (Fsp3) is 0.208. The van der Waals surface area contributed by atoms with Crippen LogP contribution in [-0.4, -0.2) is 30.2 Å². The minimum absolute atomic E-state index is 0.198. The Balaban J connectivity index is 1.83. The highest BCUT2D eigenvalue weighted by Gasteiger charge is 2.11. The van der Waals surface area contributed by atoms with E-state index in [9.17, 15) is 4.79 Å². The van der Waals surface area contributed by atoms with Gasteiger partial charge in [0.2, 0.25) is 0 Å².